The molecule has 0 aliphatic rings. The lowest BCUT2D eigenvalue weighted by Gasteiger charge is -2.17. The third-order valence-corrected chi connectivity index (χ3v) is 2.53. The van der Waals surface area contributed by atoms with Crippen molar-refractivity contribution in [3.05, 3.63) is 23.8 Å². The fourth-order valence-electron chi connectivity index (χ4n) is 1.43. The van der Waals surface area contributed by atoms with Gasteiger partial charge in [0.25, 0.3) is 5.91 Å². The molecule has 6 heteroatoms. The quantitative estimate of drug-likeness (QED) is 0.719. The molecule has 1 aromatic rings. The van der Waals surface area contributed by atoms with Gasteiger partial charge in [-0.25, -0.2) is 0 Å². The second-order valence-corrected chi connectivity index (χ2v) is 3.82. The summed E-state index contributed by atoms with van der Waals surface area (Å²) in [5.74, 6) is -1.29. The van der Waals surface area contributed by atoms with Crippen molar-refractivity contribution < 1.29 is 19.8 Å². The van der Waals surface area contributed by atoms with Gasteiger partial charge in [0.05, 0.1) is 0 Å². The molecule has 0 radical (unpaired) electrons. The van der Waals surface area contributed by atoms with E-state index in [1.165, 1.54) is 37.2 Å². The number of hydrogen-bond donors (Lipinski definition) is 3. The summed E-state index contributed by atoms with van der Waals surface area (Å²) in [5, 5.41) is 21.5. The molecule has 0 aliphatic heterocycles. The molecular formula is C12H16N2O4. The lowest BCUT2D eigenvalue weighted by Crippen LogP contribution is -2.31. The topological polar surface area (TPSA) is 89.9 Å². The summed E-state index contributed by atoms with van der Waals surface area (Å²) in [6.45, 7) is 0.201. The zero-order chi connectivity index (χ0) is 13.7. The first-order chi connectivity index (χ1) is 8.47. The Morgan fingerprint density at radius 2 is 1.83 bits per heavy atom. The number of carbonyl (C=O) groups excluding carboxylic acids is 2. The Labute approximate surface area is 105 Å². The van der Waals surface area contributed by atoms with E-state index in [0.29, 0.717) is 0 Å². The number of hydrogen-bond acceptors (Lipinski definition) is 4. The Balaban J connectivity index is 2.78. The zero-order valence-corrected chi connectivity index (χ0v) is 10.3. The predicted octanol–water partition coefficient (Wildman–Crippen LogP) is 0.306. The Morgan fingerprint density at radius 3 is 2.33 bits per heavy atom. The minimum absolute atomic E-state index is 0.156. The number of nitrogens with zero attached hydrogens (tertiary/aromatic N) is 1. The largest absolute Gasteiger partial charge is 0.507 e. The van der Waals surface area contributed by atoms with Gasteiger partial charge in [-0.3, -0.25) is 9.59 Å². The standard InChI is InChI=1S/C12H16N2O4/c1-13-10(17)6-7-14(2)12(18)11-8(15)4-3-5-9(11)16/h3-5,15-16H,6-7H2,1-2H3,(H,13,17). The van der Waals surface area contributed by atoms with Gasteiger partial charge in [-0.1, -0.05) is 6.07 Å². The van der Waals surface area contributed by atoms with Crippen molar-refractivity contribution in [2.45, 2.75) is 6.42 Å². The molecule has 0 saturated heterocycles. The van der Waals surface area contributed by atoms with E-state index in [2.05, 4.69) is 5.32 Å². The maximum absolute atomic E-state index is 12.0. The van der Waals surface area contributed by atoms with E-state index in [1.54, 1.807) is 0 Å². The van der Waals surface area contributed by atoms with Crippen molar-refractivity contribution in [2.75, 3.05) is 20.6 Å². The summed E-state index contributed by atoms with van der Waals surface area (Å²) >= 11 is 0. The highest BCUT2D eigenvalue weighted by Crippen LogP contribution is 2.27. The first kappa shape index (κ1) is 13.8. The first-order valence-electron chi connectivity index (χ1n) is 5.44. The molecule has 0 saturated carbocycles. The van der Waals surface area contributed by atoms with Gasteiger partial charge in [0, 0.05) is 27.1 Å². The number of phenolic OH excluding ortho intramolecular Hbond substituents is 2. The second kappa shape index (κ2) is 5.90. The molecule has 98 valence electrons. The highest BCUT2D eigenvalue weighted by molar-refractivity contribution is 5.99. The van der Waals surface area contributed by atoms with Crippen LogP contribution in [0, 0.1) is 0 Å². The Bertz CT molecular complexity index is 439. The molecule has 0 spiro atoms. The molecule has 6 nitrogen and oxygen atoms in total. The van der Waals surface area contributed by atoms with Crippen LogP contribution < -0.4 is 5.32 Å². The van der Waals surface area contributed by atoms with Crippen molar-refractivity contribution in [2.24, 2.45) is 0 Å². The number of phenols is 2. The minimum Gasteiger partial charge on any atom is -0.507 e. The van der Waals surface area contributed by atoms with E-state index in [1.807, 2.05) is 0 Å². The summed E-state index contributed by atoms with van der Waals surface area (Å²) in [7, 11) is 3.01. The van der Waals surface area contributed by atoms with Gasteiger partial charge in [0.15, 0.2) is 0 Å². The van der Waals surface area contributed by atoms with E-state index in [0.717, 1.165) is 0 Å². The number of nitrogens with one attached hydrogen (secondary N) is 1. The zero-order valence-electron chi connectivity index (χ0n) is 10.3. The number of rotatable bonds is 4. The summed E-state index contributed by atoms with van der Waals surface area (Å²) in [5.41, 5.74) is -0.156. The van der Waals surface area contributed by atoms with E-state index >= 15 is 0 Å². The molecule has 0 aliphatic carbocycles. The Morgan fingerprint density at radius 1 is 1.28 bits per heavy atom. The van der Waals surface area contributed by atoms with Crippen molar-refractivity contribution in [1.29, 1.82) is 0 Å². The fourth-order valence-corrected chi connectivity index (χ4v) is 1.43. The smallest absolute Gasteiger partial charge is 0.261 e. The van der Waals surface area contributed by atoms with Gasteiger partial charge in [0.2, 0.25) is 5.91 Å². The average molecular weight is 252 g/mol. The van der Waals surface area contributed by atoms with Crippen LogP contribution in [-0.4, -0.2) is 47.6 Å². The fraction of sp³-hybridized carbons (Fsp3) is 0.333. The van der Waals surface area contributed by atoms with Crippen molar-refractivity contribution in [3.63, 3.8) is 0 Å². The molecule has 1 rings (SSSR count). The lowest BCUT2D eigenvalue weighted by atomic mass is 10.1. The van der Waals surface area contributed by atoms with Gasteiger partial charge in [0.1, 0.15) is 17.1 Å². The molecule has 1 aromatic carbocycles. The van der Waals surface area contributed by atoms with Gasteiger partial charge < -0.3 is 20.4 Å². The van der Waals surface area contributed by atoms with Crippen LogP contribution in [0.3, 0.4) is 0 Å². The van der Waals surface area contributed by atoms with Crippen molar-refractivity contribution >= 4 is 11.8 Å². The average Bonchev–Trinajstić information content (AvgIpc) is 2.34. The van der Waals surface area contributed by atoms with E-state index in [-0.39, 0.29) is 35.9 Å². The molecule has 0 fully saturated rings. The molecule has 0 bridgehead atoms. The van der Waals surface area contributed by atoms with Crippen LogP contribution in [0.2, 0.25) is 0 Å². The third kappa shape index (κ3) is 3.13. The van der Waals surface area contributed by atoms with Crippen molar-refractivity contribution in [3.8, 4) is 11.5 Å². The van der Waals surface area contributed by atoms with Gasteiger partial charge in [-0.15, -0.1) is 0 Å². The summed E-state index contributed by atoms with van der Waals surface area (Å²) in [6.07, 6.45) is 0.160. The lowest BCUT2D eigenvalue weighted by molar-refractivity contribution is -0.120. The first-order valence-corrected chi connectivity index (χ1v) is 5.44. The Hall–Kier alpha value is -2.24. The highest BCUT2D eigenvalue weighted by atomic mass is 16.3. The number of carbonyl (C=O) groups is 2. The monoisotopic (exact) mass is 252 g/mol. The molecule has 2 amide bonds. The molecule has 0 heterocycles. The summed E-state index contributed by atoms with van der Waals surface area (Å²) in [6, 6.07) is 4.07. The van der Waals surface area contributed by atoms with Crippen LogP contribution in [-0.2, 0) is 4.79 Å². The van der Waals surface area contributed by atoms with Crippen molar-refractivity contribution in [1.82, 2.24) is 10.2 Å². The van der Waals surface area contributed by atoms with Crippen LogP contribution in [0.4, 0.5) is 0 Å². The van der Waals surface area contributed by atoms with Crippen LogP contribution in [0.5, 0.6) is 11.5 Å². The van der Waals surface area contributed by atoms with E-state index in [9.17, 15) is 19.8 Å². The SMILES string of the molecule is CNC(=O)CCN(C)C(=O)c1c(O)cccc1O. The molecular weight excluding hydrogens is 236 g/mol. The van der Waals surface area contributed by atoms with E-state index in [4.69, 9.17) is 0 Å². The molecule has 0 aromatic heterocycles. The molecule has 3 N–H and O–H groups in total. The third-order valence-electron chi connectivity index (χ3n) is 2.53. The maximum Gasteiger partial charge on any atom is 0.261 e. The summed E-state index contributed by atoms with van der Waals surface area (Å²) in [4.78, 5) is 24.3. The molecule has 0 unspecified atom stereocenters. The number of aromatic hydroxyl groups is 2. The van der Waals surface area contributed by atoms with Crippen LogP contribution in [0.1, 0.15) is 16.8 Å². The predicted molar refractivity (Wildman–Crippen MR) is 65.4 cm³/mol. The van der Waals surface area contributed by atoms with Gasteiger partial charge in [-0.2, -0.15) is 0 Å². The van der Waals surface area contributed by atoms with Crippen LogP contribution in [0.15, 0.2) is 18.2 Å². The molecule has 0 atom stereocenters. The highest BCUT2D eigenvalue weighted by Gasteiger charge is 2.20. The number of amides is 2. The minimum atomic E-state index is -0.533. The maximum atomic E-state index is 12.0. The van der Waals surface area contributed by atoms with E-state index < -0.39 is 5.91 Å². The van der Waals surface area contributed by atoms with Gasteiger partial charge in [-0.05, 0) is 12.1 Å². The second-order valence-electron chi connectivity index (χ2n) is 3.82. The molecule has 18 heavy (non-hydrogen) atoms. The summed E-state index contributed by atoms with van der Waals surface area (Å²) < 4.78 is 0. The van der Waals surface area contributed by atoms with Crippen LogP contribution >= 0.6 is 0 Å². The van der Waals surface area contributed by atoms with Gasteiger partial charge >= 0.3 is 0 Å². The Kier molecular flexibility index (Phi) is 4.53. The normalized spacial score (nSPS) is 9.89. The number of benzene rings is 1. The van der Waals surface area contributed by atoms with Crippen LogP contribution in [0.25, 0.3) is 0 Å².